The summed E-state index contributed by atoms with van der Waals surface area (Å²) >= 11 is 1.56. The molecule has 8 nitrogen and oxygen atoms in total. The van der Waals surface area contributed by atoms with E-state index >= 15 is 0 Å². The third-order valence-corrected chi connectivity index (χ3v) is 6.46. The Balaban J connectivity index is 1.60. The molecule has 0 aliphatic carbocycles. The number of hydrogen-bond acceptors (Lipinski definition) is 7. The van der Waals surface area contributed by atoms with Gasteiger partial charge in [0.1, 0.15) is 11.5 Å². The minimum Gasteiger partial charge on any atom is -0.497 e. The number of nitrogens with zero attached hydrogens (tertiary/aromatic N) is 3. The normalized spacial score (nSPS) is 10.8. The number of carbonyl (C=O) groups excluding carboxylic acids is 1. The summed E-state index contributed by atoms with van der Waals surface area (Å²) in [6.45, 7) is 0.951. The number of amides is 1. The molecule has 0 saturated heterocycles. The van der Waals surface area contributed by atoms with Gasteiger partial charge in [-0.05, 0) is 42.0 Å². The molecule has 3 aromatic carbocycles. The van der Waals surface area contributed by atoms with Crippen LogP contribution in [0.1, 0.15) is 15.9 Å². The van der Waals surface area contributed by atoms with Crippen molar-refractivity contribution in [1.82, 2.24) is 20.1 Å². The number of methoxy groups -OCH3 is 3. The summed E-state index contributed by atoms with van der Waals surface area (Å²) in [5.74, 6) is 2.67. The molecule has 0 saturated carbocycles. The summed E-state index contributed by atoms with van der Waals surface area (Å²) in [6.07, 6.45) is 0. The first-order valence-electron chi connectivity index (χ1n) is 11.4. The molecular formula is C27H28N4O4S. The first kappa shape index (κ1) is 25.3. The van der Waals surface area contributed by atoms with E-state index in [1.807, 2.05) is 77.4 Å². The number of ether oxygens (including phenoxy) is 3. The predicted octanol–water partition coefficient (Wildman–Crippen LogP) is 4.62. The quantitative estimate of drug-likeness (QED) is 0.236. The van der Waals surface area contributed by atoms with Gasteiger partial charge in [0, 0.05) is 30.5 Å². The van der Waals surface area contributed by atoms with E-state index in [4.69, 9.17) is 14.2 Å². The highest BCUT2D eigenvalue weighted by molar-refractivity contribution is 7.98. The zero-order valence-electron chi connectivity index (χ0n) is 20.4. The van der Waals surface area contributed by atoms with Crippen LogP contribution in [0.15, 0.2) is 78.0 Å². The van der Waals surface area contributed by atoms with Crippen LogP contribution in [0, 0.1) is 0 Å². The van der Waals surface area contributed by atoms with Crippen LogP contribution in [0.25, 0.3) is 17.1 Å². The lowest BCUT2D eigenvalue weighted by Gasteiger charge is -2.14. The monoisotopic (exact) mass is 504 g/mol. The maximum Gasteiger partial charge on any atom is 0.251 e. The second-order valence-corrected chi connectivity index (χ2v) is 8.72. The number of hydrogen-bond donors (Lipinski definition) is 1. The lowest BCUT2D eigenvalue weighted by Crippen LogP contribution is -2.26. The molecule has 0 aliphatic rings. The molecule has 0 radical (unpaired) electrons. The topological polar surface area (TPSA) is 87.5 Å². The molecule has 0 bridgehead atoms. The molecule has 1 aromatic heterocycles. The number of thioether (sulfide) groups is 1. The Morgan fingerprint density at radius 2 is 1.75 bits per heavy atom. The Hall–Kier alpha value is -3.82. The Bertz CT molecular complexity index is 1310. The second kappa shape index (κ2) is 12.2. The summed E-state index contributed by atoms with van der Waals surface area (Å²) in [4.78, 5) is 12.2. The Labute approximate surface area is 214 Å². The zero-order valence-corrected chi connectivity index (χ0v) is 21.2. The molecule has 4 aromatic rings. The van der Waals surface area contributed by atoms with E-state index in [1.54, 1.807) is 33.1 Å². The van der Waals surface area contributed by atoms with Gasteiger partial charge in [-0.25, -0.2) is 0 Å². The highest BCUT2D eigenvalue weighted by Crippen LogP contribution is 2.34. The second-order valence-electron chi connectivity index (χ2n) is 7.78. The van der Waals surface area contributed by atoms with E-state index in [9.17, 15) is 4.79 Å². The average molecular weight is 505 g/mol. The summed E-state index contributed by atoms with van der Waals surface area (Å²) < 4.78 is 18.0. The maximum absolute atomic E-state index is 12.2. The minimum absolute atomic E-state index is 0.120. The number of carbonyl (C=O) groups is 1. The van der Waals surface area contributed by atoms with Crippen molar-refractivity contribution in [2.45, 2.75) is 10.9 Å². The number of rotatable bonds is 11. The maximum atomic E-state index is 12.2. The van der Waals surface area contributed by atoms with Gasteiger partial charge in [-0.3, -0.25) is 9.36 Å². The Morgan fingerprint density at radius 1 is 0.944 bits per heavy atom. The molecule has 1 N–H and O–H groups in total. The van der Waals surface area contributed by atoms with Crippen LogP contribution in [0.5, 0.6) is 11.5 Å². The van der Waals surface area contributed by atoms with Crippen LogP contribution in [0.4, 0.5) is 0 Å². The van der Waals surface area contributed by atoms with E-state index < -0.39 is 0 Å². The zero-order chi connectivity index (χ0) is 25.3. The van der Waals surface area contributed by atoms with E-state index in [-0.39, 0.29) is 5.91 Å². The number of nitrogens with one attached hydrogen (secondary N) is 1. The Kier molecular flexibility index (Phi) is 8.59. The SMILES string of the molecule is COCCNC(=O)c1ccc(CSc2nnc(-c3cccc(OC)c3)n2-c2ccccc2OC)cc1. The van der Waals surface area contributed by atoms with Gasteiger partial charge in [-0.15, -0.1) is 10.2 Å². The van der Waals surface area contributed by atoms with Gasteiger partial charge in [-0.1, -0.05) is 48.2 Å². The molecule has 9 heteroatoms. The van der Waals surface area contributed by atoms with Crippen molar-refractivity contribution in [3.63, 3.8) is 0 Å². The van der Waals surface area contributed by atoms with E-state index in [0.29, 0.717) is 36.0 Å². The summed E-state index contributed by atoms with van der Waals surface area (Å²) in [5.41, 5.74) is 3.39. The fraction of sp³-hybridized carbons (Fsp3) is 0.222. The van der Waals surface area contributed by atoms with Crippen LogP contribution in [-0.2, 0) is 10.5 Å². The predicted molar refractivity (Wildman–Crippen MR) is 140 cm³/mol. The van der Waals surface area contributed by atoms with Gasteiger partial charge >= 0.3 is 0 Å². The molecule has 0 fully saturated rings. The molecule has 1 heterocycles. The smallest absolute Gasteiger partial charge is 0.251 e. The van der Waals surface area contributed by atoms with Crippen LogP contribution in [0.3, 0.4) is 0 Å². The van der Waals surface area contributed by atoms with Gasteiger partial charge in [0.15, 0.2) is 11.0 Å². The van der Waals surface area contributed by atoms with Gasteiger partial charge < -0.3 is 19.5 Å². The van der Waals surface area contributed by atoms with E-state index in [1.165, 1.54) is 0 Å². The first-order valence-corrected chi connectivity index (χ1v) is 12.3. The van der Waals surface area contributed by atoms with Crippen LogP contribution in [0.2, 0.25) is 0 Å². The molecule has 1 amide bonds. The van der Waals surface area contributed by atoms with Gasteiger partial charge in [0.05, 0.1) is 26.5 Å². The largest absolute Gasteiger partial charge is 0.497 e. The van der Waals surface area contributed by atoms with Crippen molar-refractivity contribution in [3.8, 4) is 28.6 Å². The van der Waals surface area contributed by atoms with Crippen molar-refractivity contribution in [2.24, 2.45) is 0 Å². The lowest BCUT2D eigenvalue weighted by atomic mass is 10.1. The lowest BCUT2D eigenvalue weighted by molar-refractivity contribution is 0.0937. The summed E-state index contributed by atoms with van der Waals surface area (Å²) in [6, 6.07) is 23.0. The van der Waals surface area contributed by atoms with Crippen LogP contribution < -0.4 is 14.8 Å². The fourth-order valence-electron chi connectivity index (χ4n) is 3.61. The van der Waals surface area contributed by atoms with E-state index in [2.05, 4.69) is 15.5 Å². The molecule has 4 rings (SSSR count). The number of benzene rings is 3. The first-order chi connectivity index (χ1) is 17.6. The average Bonchev–Trinajstić information content (AvgIpc) is 3.36. The number of para-hydroxylation sites is 2. The van der Waals surface area contributed by atoms with Crippen molar-refractivity contribution in [3.05, 3.63) is 83.9 Å². The van der Waals surface area contributed by atoms with Crippen molar-refractivity contribution in [2.75, 3.05) is 34.5 Å². The Morgan fingerprint density at radius 3 is 2.50 bits per heavy atom. The number of aromatic nitrogens is 3. The highest BCUT2D eigenvalue weighted by atomic mass is 32.2. The summed E-state index contributed by atoms with van der Waals surface area (Å²) in [5, 5.41) is 12.6. The van der Waals surface area contributed by atoms with E-state index in [0.717, 1.165) is 27.7 Å². The molecular weight excluding hydrogens is 476 g/mol. The molecule has 0 atom stereocenters. The molecule has 0 aliphatic heterocycles. The third kappa shape index (κ3) is 5.87. The highest BCUT2D eigenvalue weighted by Gasteiger charge is 2.19. The third-order valence-electron chi connectivity index (χ3n) is 5.46. The van der Waals surface area contributed by atoms with Gasteiger partial charge in [0.2, 0.25) is 0 Å². The fourth-order valence-corrected chi connectivity index (χ4v) is 4.51. The van der Waals surface area contributed by atoms with Crippen molar-refractivity contribution < 1.29 is 19.0 Å². The minimum atomic E-state index is -0.120. The van der Waals surface area contributed by atoms with Crippen molar-refractivity contribution in [1.29, 1.82) is 0 Å². The summed E-state index contributed by atoms with van der Waals surface area (Å²) in [7, 11) is 4.89. The van der Waals surface area contributed by atoms with Gasteiger partial charge in [-0.2, -0.15) is 0 Å². The molecule has 0 unspecified atom stereocenters. The standard InChI is InChI=1S/C27H28N4O4S/c1-33-16-15-28-26(32)20-13-11-19(12-14-20)18-36-27-30-29-25(21-7-6-8-22(17-21)34-2)31(27)23-9-4-5-10-24(23)35-3/h4-14,17H,15-16,18H2,1-3H3,(H,28,32). The molecule has 186 valence electrons. The van der Waals surface area contributed by atoms with Crippen molar-refractivity contribution >= 4 is 17.7 Å². The van der Waals surface area contributed by atoms with Gasteiger partial charge in [0.25, 0.3) is 5.91 Å². The van der Waals surface area contributed by atoms with Crippen LogP contribution in [-0.4, -0.2) is 55.2 Å². The van der Waals surface area contributed by atoms with Crippen LogP contribution >= 0.6 is 11.8 Å². The molecule has 0 spiro atoms. The molecule has 36 heavy (non-hydrogen) atoms.